The second-order valence-corrected chi connectivity index (χ2v) is 8.23. The van der Waals surface area contributed by atoms with Gasteiger partial charge in [0.05, 0.1) is 11.8 Å². The van der Waals surface area contributed by atoms with E-state index in [1.807, 2.05) is 13.0 Å². The van der Waals surface area contributed by atoms with Crippen LogP contribution in [0, 0.1) is 5.82 Å². The summed E-state index contributed by atoms with van der Waals surface area (Å²) in [4.78, 5) is 12.1. The van der Waals surface area contributed by atoms with Gasteiger partial charge in [0.25, 0.3) is 0 Å². The smallest absolute Gasteiger partial charge is 0.230 e. The van der Waals surface area contributed by atoms with Gasteiger partial charge in [-0.25, -0.2) is 4.39 Å². The molecular weight excluding hydrogens is 333 g/mol. The zero-order valence-corrected chi connectivity index (χ0v) is 16.1. The van der Waals surface area contributed by atoms with Crippen molar-refractivity contribution >= 4 is 17.7 Å². The highest BCUT2D eigenvalue weighted by Crippen LogP contribution is 2.24. The predicted octanol–water partition coefficient (Wildman–Crippen LogP) is 5.23. The van der Waals surface area contributed by atoms with Crippen LogP contribution in [-0.2, 0) is 16.0 Å². The molecular formula is C21H26FNOS. The summed E-state index contributed by atoms with van der Waals surface area (Å²) in [6.45, 7) is 8.52. The molecule has 0 saturated heterocycles. The molecule has 134 valence electrons. The summed E-state index contributed by atoms with van der Waals surface area (Å²) < 4.78 is 13.5. The van der Waals surface area contributed by atoms with Gasteiger partial charge in [0.2, 0.25) is 5.91 Å². The first-order chi connectivity index (χ1) is 11.8. The minimum absolute atomic E-state index is 0.0336. The van der Waals surface area contributed by atoms with Crippen molar-refractivity contribution < 1.29 is 9.18 Å². The van der Waals surface area contributed by atoms with Crippen LogP contribution in [0.15, 0.2) is 48.5 Å². The van der Waals surface area contributed by atoms with Gasteiger partial charge in [-0.15, -0.1) is 11.8 Å². The number of benzene rings is 2. The maximum atomic E-state index is 13.5. The number of carbonyl (C=O) groups excluding carboxylic acids is 1. The van der Waals surface area contributed by atoms with Crippen molar-refractivity contribution in [2.45, 2.75) is 44.9 Å². The van der Waals surface area contributed by atoms with E-state index in [0.29, 0.717) is 17.1 Å². The summed E-state index contributed by atoms with van der Waals surface area (Å²) >= 11 is 1.42. The third kappa shape index (κ3) is 5.89. The molecule has 1 N–H and O–H groups in total. The molecule has 0 bridgehead atoms. The monoisotopic (exact) mass is 359 g/mol. The largest absolute Gasteiger partial charge is 0.349 e. The minimum atomic E-state index is -0.220. The van der Waals surface area contributed by atoms with E-state index in [-0.39, 0.29) is 23.2 Å². The second-order valence-electron chi connectivity index (χ2n) is 7.25. The van der Waals surface area contributed by atoms with Crippen LogP contribution in [0.4, 0.5) is 4.39 Å². The van der Waals surface area contributed by atoms with Crippen LogP contribution in [0.5, 0.6) is 0 Å². The Morgan fingerprint density at radius 1 is 1.12 bits per heavy atom. The molecule has 2 nitrogen and oxygen atoms in total. The number of rotatable bonds is 6. The van der Waals surface area contributed by atoms with Gasteiger partial charge in [0.15, 0.2) is 0 Å². The van der Waals surface area contributed by atoms with E-state index in [4.69, 9.17) is 0 Å². The first kappa shape index (κ1) is 19.5. The molecule has 0 aliphatic carbocycles. The summed E-state index contributed by atoms with van der Waals surface area (Å²) in [6, 6.07) is 15.0. The normalized spacial score (nSPS) is 12.7. The molecule has 4 heteroatoms. The van der Waals surface area contributed by atoms with Crippen molar-refractivity contribution in [3.63, 3.8) is 0 Å². The summed E-state index contributed by atoms with van der Waals surface area (Å²) in [7, 11) is 0. The van der Waals surface area contributed by atoms with Gasteiger partial charge < -0.3 is 5.32 Å². The van der Waals surface area contributed by atoms with Gasteiger partial charge in [0.1, 0.15) is 5.82 Å². The van der Waals surface area contributed by atoms with Crippen molar-refractivity contribution in [1.82, 2.24) is 5.32 Å². The molecule has 0 unspecified atom stereocenters. The standard InChI is InChI=1S/C21H26FNOS/c1-15(16-9-11-18(12-10-16)21(2,3)4)23-20(24)14-25-13-17-7-5-6-8-19(17)22/h5-12,15H,13-14H2,1-4H3,(H,23,24)/t15-/m0/s1. The maximum Gasteiger partial charge on any atom is 0.230 e. The van der Waals surface area contributed by atoms with E-state index >= 15 is 0 Å². The molecule has 2 aromatic rings. The van der Waals surface area contributed by atoms with Gasteiger partial charge in [-0.05, 0) is 35.1 Å². The molecule has 0 aliphatic rings. The van der Waals surface area contributed by atoms with E-state index in [0.717, 1.165) is 5.56 Å². The Balaban J connectivity index is 1.82. The van der Waals surface area contributed by atoms with Crippen molar-refractivity contribution in [1.29, 1.82) is 0 Å². The summed E-state index contributed by atoms with van der Waals surface area (Å²) in [6.07, 6.45) is 0. The van der Waals surface area contributed by atoms with Gasteiger partial charge in [-0.3, -0.25) is 4.79 Å². The van der Waals surface area contributed by atoms with Gasteiger partial charge in [0, 0.05) is 5.75 Å². The summed E-state index contributed by atoms with van der Waals surface area (Å²) in [5.41, 5.74) is 3.11. The minimum Gasteiger partial charge on any atom is -0.349 e. The predicted molar refractivity (Wildman–Crippen MR) is 104 cm³/mol. The van der Waals surface area contributed by atoms with Crippen LogP contribution in [0.3, 0.4) is 0 Å². The van der Waals surface area contributed by atoms with Crippen LogP contribution >= 0.6 is 11.8 Å². The van der Waals surface area contributed by atoms with Crippen molar-refractivity contribution in [3.05, 3.63) is 71.0 Å². The van der Waals surface area contributed by atoms with Crippen LogP contribution < -0.4 is 5.32 Å². The quantitative estimate of drug-likeness (QED) is 0.765. The fraction of sp³-hybridized carbons (Fsp3) is 0.381. The number of thioether (sulfide) groups is 1. The third-order valence-corrected chi connectivity index (χ3v) is 5.08. The molecule has 0 saturated carbocycles. The highest BCUT2D eigenvalue weighted by molar-refractivity contribution is 7.99. The Bertz CT molecular complexity index is 707. The average molecular weight is 360 g/mol. The van der Waals surface area contributed by atoms with Gasteiger partial charge in [-0.2, -0.15) is 0 Å². The zero-order chi connectivity index (χ0) is 18.4. The Morgan fingerprint density at radius 3 is 2.36 bits per heavy atom. The van der Waals surface area contributed by atoms with E-state index in [2.05, 4.69) is 50.4 Å². The highest BCUT2D eigenvalue weighted by Gasteiger charge is 2.15. The molecule has 2 aromatic carbocycles. The van der Waals surface area contributed by atoms with Gasteiger partial charge in [-0.1, -0.05) is 63.2 Å². The van der Waals surface area contributed by atoms with Crippen molar-refractivity contribution in [2.75, 3.05) is 5.75 Å². The lowest BCUT2D eigenvalue weighted by molar-refractivity contribution is -0.119. The molecule has 1 amide bonds. The number of nitrogens with one attached hydrogen (secondary N) is 1. The average Bonchev–Trinajstić information content (AvgIpc) is 2.56. The molecule has 0 spiro atoms. The van der Waals surface area contributed by atoms with E-state index in [1.165, 1.54) is 23.4 Å². The number of carbonyl (C=O) groups is 1. The Morgan fingerprint density at radius 2 is 1.76 bits per heavy atom. The Kier molecular flexibility index (Phi) is 6.65. The second kappa shape index (κ2) is 8.52. The number of hydrogen-bond acceptors (Lipinski definition) is 2. The Hall–Kier alpha value is -1.81. The fourth-order valence-electron chi connectivity index (χ4n) is 2.51. The lowest BCUT2D eigenvalue weighted by Gasteiger charge is -2.20. The molecule has 1 atom stereocenters. The first-order valence-corrected chi connectivity index (χ1v) is 9.64. The van der Waals surface area contributed by atoms with Crippen molar-refractivity contribution in [2.24, 2.45) is 0 Å². The van der Waals surface area contributed by atoms with Crippen molar-refractivity contribution in [3.8, 4) is 0 Å². The van der Waals surface area contributed by atoms with Crippen LogP contribution in [0.2, 0.25) is 0 Å². The SMILES string of the molecule is C[C@H](NC(=O)CSCc1ccccc1F)c1ccc(C(C)(C)C)cc1. The number of hydrogen-bond donors (Lipinski definition) is 1. The Labute approximate surface area is 154 Å². The summed E-state index contributed by atoms with van der Waals surface area (Å²) in [5, 5.41) is 3.00. The maximum absolute atomic E-state index is 13.5. The number of amides is 1. The van der Waals surface area contributed by atoms with Crippen LogP contribution in [0.25, 0.3) is 0 Å². The third-order valence-electron chi connectivity index (χ3n) is 4.10. The van der Waals surface area contributed by atoms with E-state index in [9.17, 15) is 9.18 Å². The van der Waals surface area contributed by atoms with E-state index < -0.39 is 0 Å². The zero-order valence-electron chi connectivity index (χ0n) is 15.3. The molecule has 0 aromatic heterocycles. The fourth-order valence-corrected chi connectivity index (χ4v) is 3.33. The molecule has 0 aliphatic heterocycles. The molecule has 0 heterocycles. The van der Waals surface area contributed by atoms with Crippen LogP contribution in [-0.4, -0.2) is 11.7 Å². The molecule has 0 radical (unpaired) electrons. The lowest BCUT2D eigenvalue weighted by atomic mass is 9.86. The van der Waals surface area contributed by atoms with Crippen LogP contribution in [0.1, 0.15) is 50.4 Å². The molecule has 0 fully saturated rings. The van der Waals surface area contributed by atoms with Gasteiger partial charge >= 0.3 is 0 Å². The highest BCUT2D eigenvalue weighted by atomic mass is 32.2. The lowest BCUT2D eigenvalue weighted by Crippen LogP contribution is -2.28. The molecule has 2 rings (SSSR count). The molecule has 25 heavy (non-hydrogen) atoms. The topological polar surface area (TPSA) is 29.1 Å². The first-order valence-electron chi connectivity index (χ1n) is 8.48. The summed E-state index contributed by atoms with van der Waals surface area (Å²) in [5.74, 6) is 0.560. The van der Waals surface area contributed by atoms with E-state index in [1.54, 1.807) is 12.1 Å². The number of halogens is 1.